The molecule has 0 saturated carbocycles. The standard InChI is InChI=1S/C42H71N8O25P3S.2Na/c1-42(2,25-72-78(63,64)75-77(61,62)71-24-29-35(74-76(58,59)60)34(54)41(73-29)50-27-48-33-37(43)46-26-47-38(33)50)36(55)39(56)45-8-6-31(52)44-9-22-79-30-23-32(53)49(40(30)57)10-4-5-28(51)7-11-66-14-15-68-18-19-70-21-20-69-17-16-67-13-12-65-3;;/h26-27,29-30,34-36,41,54-55H,4-25H2,1-3H3,(H,44,52)(H,45,56)(H,61,62)(H,63,64)(H2,43,46,47)(H2,58,59,60);;/q;2*+1/p-2/t29-,30?,34+,35?,36+,41-;;/m1../s1. The number of phosphoric ester groups is 3. The fourth-order valence-corrected chi connectivity index (χ4v) is 11.0. The van der Waals surface area contributed by atoms with Gasteiger partial charge in [-0.1, -0.05) is 13.8 Å². The van der Waals surface area contributed by atoms with Crippen LogP contribution in [0.1, 0.15) is 52.2 Å². The first-order valence-electron chi connectivity index (χ1n) is 24.6. The second-order valence-electron chi connectivity index (χ2n) is 17.9. The first kappa shape index (κ1) is 75.6. The third-order valence-electron chi connectivity index (χ3n) is 11.3. The number of nitrogen functional groups attached to an aromatic ring is 1. The van der Waals surface area contributed by atoms with Crippen LogP contribution in [0, 0.1) is 5.41 Å². The number of nitrogens with one attached hydrogen (secondary N) is 2. The number of aromatic nitrogens is 4. The fraction of sp³-hybridized carbons (Fsp3) is 0.762. The normalized spacial score (nSPS) is 20.4. The summed E-state index contributed by atoms with van der Waals surface area (Å²) < 4.78 is 93.4. The molecule has 2 aromatic heterocycles. The van der Waals surface area contributed by atoms with Gasteiger partial charge in [0.25, 0.3) is 15.6 Å². The number of nitrogens with two attached hydrogens (primary N) is 1. The smallest absolute Gasteiger partial charge is 0.756 e. The SMILES string of the molecule is COCCOCCOCCOCCOCCOCCC(=O)CCCN1C(=O)CC(SCCNC(=O)CCNC(=O)[C@H](O)C(C)(C)COP(=O)([O-])OP(=O)([O-])OC[C@H]2O[C@@H](n3cnc4c(N)ncnc43)[C@@H](O)C2OP(=O)(O)O)C1=O.[Na+].[Na+]. The van der Waals surface area contributed by atoms with Gasteiger partial charge in [-0.2, -0.15) is 0 Å². The number of rotatable bonds is 42. The van der Waals surface area contributed by atoms with Crippen LogP contribution in [0.15, 0.2) is 12.7 Å². The quantitative estimate of drug-likeness (QED) is 0.0140. The Labute approximate surface area is 514 Å². The summed E-state index contributed by atoms with van der Waals surface area (Å²) in [5, 5.41) is 25.8. The van der Waals surface area contributed by atoms with Crippen molar-refractivity contribution in [3.8, 4) is 0 Å². The molecular weight excluding hydrogens is 1190 g/mol. The fourth-order valence-electron chi connectivity index (χ4n) is 7.21. The van der Waals surface area contributed by atoms with Gasteiger partial charge in [-0.25, -0.2) is 23.8 Å². The van der Waals surface area contributed by atoms with Gasteiger partial charge in [0.15, 0.2) is 17.7 Å². The Morgan fingerprint density at radius 2 is 1.46 bits per heavy atom. The molecule has 2 aliphatic heterocycles. The molecule has 0 aliphatic carbocycles. The summed E-state index contributed by atoms with van der Waals surface area (Å²) in [7, 11) is -15.6. The maximum absolute atomic E-state index is 12.9. The summed E-state index contributed by atoms with van der Waals surface area (Å²) >= 11 is 1.17. The van der Waals surface area contributed by atoms with E-state index in [-0.39, 0.29) is 145 Å². The van der Waals surface area contributed by atoms with Crippen LogP contribution in [-0.4, -0.2) is 222 Å². The average Bonchev–Trinajstić information content (AvgIpc) is 4.03. The number of aliphatic hydroxyl groups is 2. The monoisotopic (exact) mass is 1260 g/mol. The summed E-state index contributed by atoms with van der Waals surface area (Å²) in [6.07, 6.45) is -6.85. The molecule has 4 heterocycles. The van der Waals surface area contributed by atoms with Gasteiger partial charge in [0, 0.05) is 63.6 Å². The van der Waals surface area contributed by atoms with E-state index in [0.29, 0.717) is 72.5 Å². The van der Waals surface area contributed by atoms with E-state index in [9.17, 15) is 67.5 Å². The van der Waals surface area contributed by atoms with Crippen molar-refractivity contribution >= 4 is 81.6 Å². The van der Waals surface area contributed by atoms with Crippen LogP contribution in [0.25, 0.3) is 11.2 Å². The Kier molecular flexibility index (Phi) is 35.3. The molecule has 2 aliphatic rings. The first-order chi connectivity index (χ1) is 37.3. The van der Waals surface area contributed by atoms with Crippen molar-refractivity contribution in [3.05, 3.63) is 12.7 Å². The number of aliphatic hydroxyl groups excluding tert-OH is 2. The van der Waals surface area contributed by atoms with E-state index in [2.05, 4.69) is 43.5 Å². The average molecular weight is 1260 g/mol. The third kappa shape index (κ3) is 27.4. The van der Waals surface area contributed by atoms with Gasteiger partial charge in [-0.3, -0.25) is 47.1 Å². The number of ether oxygens (including phenoxy) is 7. The summed E-state index contributed by atoms with van der Waals surface area (Å²) in [4.78, 5) is 120. The molecule has 4 unspecified atom stereocenters. The Morgan fingerprint density at radius 1 is 0.864 bits per heavy atom. The molecule has 450 valence electrons. The van der Waals surface area contributed by atoms with E-state index in [1.807, 2.05) is 0 Å². The van der Waals surface area contributed by atoms with E-state index in [0.717, 1.165) is 22.1 Å². The van der Waals surface area contributed by atoms with Crippen molar-refractivity contribution in [1.29, 1.82) is 0 Å². The van der Waals surface area contributed by atoms with E-state index in [4.69, 9.17) is 38.9 Å². The number of thioether (sulfide) groups is 1. The van der Waals surface area contributed by atoms with Gasteiger partial charge in [-0.05, 0) is 6.42 Å². The number of imidazole rings is 1. The van der Waals surface area contributed by atoms with Crippen LogP contribution < -0.4 is 85.3 Å². The molecule has 0 bridgehead atoms. The second-order valence-corrected chi connectivity index (χ2v) is 23.4. The van der Waals surface area contributed by atoms with Gasteiger partial charge in [0.1, 0.15) is 42.0 Å². The van der Waals surface area contributed by atoms with Crippen molar-refractivity contribution in [3.63, 3.8) is 0 Å². The molecule has 0 spiro atoms. The number of likely N-dealkylation sites (tertiary alicyclic amines) is 1. The van der Waals surface area contributed by atoms with E-state index in [1.54, 1.807) is 7.11 Å². The van der Waals surface area contributed by atoms with Gasteiger partial charge < -0.3 is 88.4 Å². The third-order valence-corrected chi connectivity index (χ3v) is 15.5. The van der Waals surface area contributed by atoms with Gasteiger partial charge >= 0.3 is 66.9 Å². The molecule has 33 nitrogen and oxygen atoms in total. The summed E-state index contributed by atoms with van der Waals surface area (Å²) in [6, 6.07) is 0. The minimum absolute atomic E-state index is 0. The van der Waals surface area contributed by atoms with E-state index < -0.39 is 95.7 Å². The zero-order valence-electron chi connectivity index (χ0n) is 45.6. The zero-order valence-corrected chi connectivity index (χ0v) is 53.1. The molecule has 2 aromatic rings. The Balaban J connectivity index is 0.0000112. The molecule has 8 N–H and O–H groups in total. The van der Waals surface area contributed by atoms with Crippen LogP contribution in [0.4, 0.5) is 5.82 Å². The number of phosphoric acid groups is 3. The second kappa shape index (κ2) is 37.9. The molecule has 2 fully saturated rings. The minimum Gasteiger partial charge on any atom is -0.756 e. The number of imide groups is 1. The van der Waals surface area contributed by atoms with Crippen molar-refractivity contribution in [2.45, 2.75) is 81.8 Å². The molecular formula is C42H69N8Na2O25P3S. The zero-order chi connectivity index (χ0) is 58.2. The number of anilines is 1. The largest absolute Gasteiger partial charge is 1.00 e. The summed E-state index contributed by atoms with van der Waals surface area (Å²) in [6.45, 7) is 4.48. The number of ketones is 1. The Hall–Kier alpha value is -1.54. The first-order valence-corrected chi connectivity index (χ1v) is 30.1. The molecule has 81 heavy (non-hydrogen) atoms. The van der Waals surface area contributed by atoms with E-state index in [1.165, 1.54) is 25.6 Å². The summed E-state index contributed by atoms with van der Waals surface area (Å²) in [5.41, 5.74) is 4.08. The maximum Gasteiger partial charge on any atom is 1.00 e. The van der Waals surface area contributed by atoms with Crippen LogP contribution in [0.5, 0.6) is 0 Å². The molecule has 4 rings (SSSR count). The molecule has 4 amide bonds. The van der Waals surface area contributed by atoms with Crippen molar-refractivity contribution in [1.82, 2.24) is 35.1 Å². The van der Waals surface area contributed by atoms with Gasteiger partial charge in [0.05, 0.1) is 97.5 Å². The Bertz CT molecular complexity index is 2440. The number of Topliss-reactive ketones (excluding diaryl/α,β-unsaturated/α-hetero) is 1. The number of hydrogen-bond acceptors (Lipinski definition) is 28. The van der Waals surface area contributed by atoms with Crippen LogP contribution in [-0.2, 0) is 88.7 Å². The number of amides is 4. The van der Waals surface area contributed by atoms with Crippen LogP contribution >= 0.6 is 35.2 Å². The predicted molar refractivity (Wildman–Crippen MR) is 268 cm³/mol. The maximum atomic E-state index is 12.9. The number of carbonyl (C=O) groups excluding carboxylic acids is 5. The summed E-state index contributed by atoms with van der Waals surface area (Å²) in [5.74, 6) is -2.23. The van der Waals surface area contributed by atoms with Crippen molar-refractivity contribution in [2.24, 2.45) is 5.41 Å². The molecule has 0 aromatic carbocycles. The number of hydrogen-bond donors (Lipinski definition) is 7. The molecule has 39 heteroatoms. The molecule has 8 atom stereocenters. The number of fused-ring (bicyclic) bond motifs is 1. The van der Waals surface area contributed by atoms with Crippen LogP contribution in [0.3, 0.4) is 0 Å². The number of methoxy groups -OCH3 is 1. The minimum atomic E-state index is -5.93. The predicted octanol–water partition coefficient (Wildman–Crippen LogP) is -8.52. The number of nitrogens with zero attached hydrogens (tertiary/aromatic N) is 5. The van der Waals surface area contributed by atoms with Crippen molar-refractivity contribution in [2.75, 3.05) is 124 Å². The topological polar surface area (TPSA) is 462 Å². The number of carbonyl (C=O) groups is 5. The van der Waals surface area contributed by atoms with Gasteiger partial charge in [0.2, 0.25) is 23.6 Å². The van der Waals surface area contributed by atoms with E-state index >= 15 is 0 Å². The molecule has 0 radical (unpaired) electrons. The Morgan fingerprint density at radius 3 is 2.06 bits per heavy atom. The molecule has 2 saturated heterocycles. The van der Waals surface area contributed by atoms with Gasteiger partial charge in [-0.15, -0.1) is 11.8 Å². The van der Waals surface area contributed by atoms with Crippen LogP contribution in [0.2, 0.25) is 0 Å². The van der Waals surface area contributed by atoms with Crippen molar-refractivity contribution < 1.29 is 178 Å².